The fraction of sp³-hybridized carbons (Fsp3) is 0.600. The van der Waals surface area contributed by atoms with E-state index >= 15 is 0 Å². The normalized spacial score (nSPS) is 24.3. The van der Waals surface area contributed by atoms with Crippen LogP contribution in [0.25, 0.3) is 0 Å². The van der Waals surface area contributed by atoms with Crippen molar-refractivity contribution in [1.29, 1.82) is 0 Å². The first kappa shape index (κ1) is 13.3. The molecule has 18 heavy (non-hydrogen) atoms. The van der Waals surface area contributed by atoms with Crippen LogP contribution < -0.4 is 10.1 Å². The minimum absolute atomic E-state index is 0.0769. The summed E-state index contributed by atoms with van der Waals surface area (Å²) in [4.78, 5) is 0. The van der Waals surface area contributed by atoms with Gasteiger partial charge in [-0.05, 0) is 56.8 Å². The molecular formula is C15H22FNO. The Kier molecular flexibility index (Phi) is 4.23. The molecule has 1 aromatic rings. The van der Waals surface area contributed by atoms with Crippen LogP contribution in [0.5, 0.6) is 5.75 Å². The average Bonchev–Trinajstić information content (AvgIpc) is 2.30. The molecule has 1 aliphatic rings. The molecule has 1 aromatic carbocycles. The first-order chi connectivity index (χ1) is 8.58. The second-order valence-corrected chi connectivity index (χ2v) is 5.43. The van der Waals surface area contributed by atoms with Crippen LogP contribution in [0, 0.1) is 11.7 Å². The molecule has 1 saturated heterocycles. The molecule has 100 valence electrons. The molecule has 1 aliphatic heterocycles. The van der Waals surface area contributed by atoms with E-state index in [2.05, 4.69) is 12.2 Å². The van der Waals surface area contributed by atoms with Gasteiger partial charge in [0, 0.05) is 6.07 Å². The van der Waals surface area contributed by atoms with Gasteiger partial charge in [0.2, 0.25) is 0 Å². The number of halogens is 1. The van der Waals surface area contributed by atoms with Crippen LogP contribution in [-0.4, -0.2) is 19.2 Å². The molecule has 0 radical (unpaired) electrons. The van der Waals surface area contributed by atoms with Gasteiger partial charge in [-0.1, -0.05) is 13.0 Å². The fourth-order valence-corrected chi connectivity index (χ4v) is 2.63. The van der Waals surface area contributed by atoms with E-state index in [1.165, 1.54) is 6.07 Å². The smallest absolute Gasteiger partial charge is 0.130 e. The Balaban J connectivity index is 2.18. The Labute approximate surface area is 109 Å². The lowest BCUT2D eigenvalue weighted by Crippen LogP contribution is -2.34. The lowest BCUT2D eigenvalue weighted by Gasteiger charge is -2.30. The van der Waals surface area contributed by atoms with Crippen LogP contribution in [0.4, 0.5) is 4.39 Å². The summed E-state index contributed by atoms with van der Waals surface area (Å²) in [6.07, 6.45) is 1.08. The summed E-state index contributed by atoms with van der Waals surface area (Å²) in [5.41, 5.74) is 0.833. The van der Waals surface area contributed by atoms with Gasteiger partial charge in [0.15, 0.2) is 0 Å². The Hall–Kier alpha value is -1.09. The van der Waals surface area contributed by atoms with Crippen LogP contribution in [-0.2, 0) is 0 Å². The van der Waals surface area contributed by atoms with Crippen LogP contribution in [0.15, 0.2) is 18.2 Å². The van der Waals surface area contributed by atoms with Crippen LogP contribution in [0.2, 0.25) is 0 Å². The maximum absolute atomic E-state index is 14.2. The van der Waals surface area contributed by atoms with Crippen molar-refractivity contribution in [3.05, 3.63) is 29.6 Å². The summed E-state index contributed by atoms with van der Waals surface area (Å²) in [7, 11) is 0. The summed E-state index contributed by atoms with van der Waals surface area (Å²) in [5, 5.41) is 3.34. The number of hydrogen-bond acceptors (Lipinski definition) is 2. The van der Waals surface area contributed by atoms with Crippen molar-refractivity contribution in [2.24, 2.45) is 5.92 Å². The monoisotopic (exact) mass is 251 g/mol. The first-order valence-electron chi connectivity index (χ1n) is 6.74. The van der Waals surface area contributed by atoms with E-state index in [1.807, 2.05) is 26.0 Å². The molecule has 1 fully saturated rings. The molecule has 1 N–H and O–H groups in total. The zero-order chi connectivity index (χ0) is 13.1. The summed E-state index contributed by atoms with van der Waals surface area (Å²) < 4.78 is 19.7. The van der Waals surface area contributed by atoms with Gasteiger partial charge in [-0.25, -0.2) is 4.39 Å². The van der Waals surface area contributed by atoms with Crippen molar-refractivity contribution in [3.8, 4) is 5.75 Å². The van der Waals surface area contributed by atoms with Gasteiger partial charge in [-0.3, -0.25) is 0 Å². The molecule has 2 rings (SSSR count). The molecule has 0 spiro atoms. The largest absolute Gasteiger partial charge is 0.491 e. The quantitative estimate of drug-likeness (QED) is 0.889. The molecule has 0 saturated carbocycles. The van der Waals surface area contributed by atoms with Gasteiger partial charge < -0.3 is 10.1 Å². The van der Waals surface area contributed by atoms with E-state index in [4.69, 9.17) is 4.74 Å². The lowest BCUT2D eigenvalue weighted by molar-refractivity contribution is 0.241. The van der Waals surface area contributed by atoms with Crippen molar-refractivity contribution >= 4 is 0 Å². The fourth-order valence-electron chi connectivity index (χ4n) is 2.63. The maximum atomic E-state index is 14.2. The minimum atomic E-state index is -0.132. The first-order valence-corrected chi connectivity index (χ1v) is 6.74. The molecule has 0 aromatic heterocycles. The van der Waals surface area contributed by atoms with E-state index in [0.717, 1.165) is 25.1 Å². The topological polar surface area (TPSA) is 21.3 Å². The third-order valence-corrected chi connectivity index (χ3v) is 3.53. The number of rotatable bonds is 3. The van der Waals surface area contributed by atoms with Crippen molar-refractivity contribution in [1.82, 2.24) is 5.32 Å². The highest BCUT2D eigenvalue weighted by atomic mass is 19.1. The minimum Gasteiger partial charge on any atom is -0.491 e. The highest BCUT2D eigenvalue weighted by Gasteiger charge is 2.25. The lowest BCUT2D eigenvalue weighted by atomic mass is 9.82. The van der Waals surface area contributed by atoms with E-state index in [1.54, 1.807) is 0 Å². The molecule has 2 atom stereocenters. The number of piperidine rings is 1. The molecule has 1 heterocycles. The van der Waals surface area contributed by atoms with Gasteiger partial charge in [0.1, 0.15) is 11.6 Å². The number of benzene rings is 1. The molecular weight excluding hydrogens is 229 g/mol. The third kappa shape index (κ3) is 3.02. The van der Waals surface area contributed by atoms with Gasteiger partial charge in [0.25, 0.3) is 0 Å². The highest BCUT2D eigenvalue weighted by molar-refractivity contribution is 5.32. The van der Waals surface area contributed by atoms with Crippen LogP contribution in [0.1, 0.15) is 38.7 Å². The number of nitrogens with one attached hydrogen (secondary N) is 1. The zero-order valence-corrected chi connectivity index (χ0v) is 11.4. The summed E-state index contributed by atoms with van der Waals surface area (Å²) >= 11 is 0. The van der Waals surface area contributed by atoms with E-state index in [9.17, 15) is 4.39 Å². The SMILES string of the molecule is CC(C)Oc1ccc(C2CCNCC2C)c(F)c1. The number of ether oxygens (including phenoxy) is 1. The van der Waals surface area contributed by atoms with Crippen molar-refractivity contribution in [2.75, 3.05) is 13.1 Å². The molecule has 0 bridgehead atoms. The Bertz CT molecular complexity index is 405. The predicted molar refractivity (Wildman–Crippen MR) is 71.6 cm³/mol. The zero-order valence-electron chi connectivity index (χ0n) is 11.4. The Morgan fingerprint density at radius 1 is 1.39 bits per heavy atom. The maximum Gasteiger partial charge on any atom is 0.130 e. The Morgan fingerprint density at radius 3 is 2.78 bits per heavy atom. The second kappa shape index (κ2) is 5.70. The van der Waals surface area contributed by atoms with Gasteiger partial charge in [-0.15, -0.1) is 0 Å². The summed E-state index contributed by atoms with van der Waals surface area (Å²) in [5.74, 6) is 1.28. The van der Waals surface area contributed by atoms with E-state index in [0.29, 0.717) is 17.6 Å². The molecule has 2 nitrogen and oxygen atoms in total. The Morgan fingerprint density at radius 2 is 2.17 bits per heavy atom. The number of hydrogen-bond donors (Lipinski definition) is 1. The van der Waals surface area contributed by atoms with E-state index < -0.39 is 0 Å². The van der Waals surface area contributed by atoms with E-state index in [-0.39, 0.29) is 11.9 Å². The molecule has 0 aliphatic carbocycles. The summed E-state index contributed by atoms with van der Waals surface area (Å²) in [6.45, 7) is 8.00. The second-order valence-electron chi connectivity index (χ2n) is 5.43. The third-order valence-electron chi connectivity index (χ3n) is 3.53. The van der Waals surface area contributed by atoms with Gasteiger partial charge in [-0.2, -0.15) is 0 Å². The predicted octanol–water partition coefficient (Wildman–Crippen LogP) is 3.33. The van der Waals surface area contributed by atoms with Gasteiger partial charge >= 0.3 is 0 Å². The molecule has 0 amide bonds. The average molecular weight is 251 g/mol. The van der Waals surface area contributed by atoms with Crippen molar-refractivity contribution in [3.63, 3.8) is 0 Å². The standard InChI is InChI=1S/C15H22FNO/c1-10(2)18-12-4-5-14(15(16)8-12)13-6-7-17-9-11(13)3/h4-5,8,10-11,13,17H,6-7,9H2,1-3H3. The van der Waals surface area contributed by atoms with Crippen LogP contribution in [0.3, 0.4) is 0 Å². The van der Waals surface area contributed by atoms with Gasteiger partial charge in [0.05, 0.1) is 6.10 Å². The van der Waals surface area contributed by atoms with Crippen LogP contribution >= 0.6 is 0 Å². The van der Waals surface area contributed by atoms with Crippen molar-refractivity contribution < 1.29 is 9.13 Å². The summed E-state index contributed by atoms with van der Waals surface area (Å²) in [6, 6.07) is 5.29. The molecule has 3 heteroatoms. The molecule has 2 unspecified atom stereocenters. The van der Waals surface area contributed by atoms with Crippen molar-refractivity contribution in [2.45, 2.75) is 39.2 Å². The highest BCUT2D eigenvalue weighted by Crippen LogP contribution is 2.33.